The number of rotatable bonds is 1. The van der Waals surface area contributed by atoms with E-state index in [9.17, 15) is 0 Å². The zero-order chi connectivity index (χ0) is 16.5. The van der Waals surface area contributed by atoms with Crippen LogP contribution in [-0.2, 0) is 6.42 Å². The number of piperazine rings is 1. The van der Waals surface area contributed by atoms with Crippen LogP contribution in [0.1, 0.15) is 29.2 Å². The second-order valence-electron chi connectivity index (χ2n) is 6.82. The highest BCUT2D eigenvalue weighted by Gasteiger charge is 2.24. The standard InChI is InChI=1S/C21H25N3/c1-3-23-10-12-24(13-11-23)21-19-7-5-4-6-17(19)15-18-9-8-16(2)14-20(18)22-21/h4-9,14H,3,10-13,15H2,1-2H3. The smallest absolute Gasteiger partial charge is 0.136 e. The Balaban J connectivity index is 1.77. The third-order valence-electron chi connectivity index (χ3n) is 5.23. The van der Waals surface area contributed by atoms with Crippen LogP contribution in [0.2, 0.25) is 0 Å². The molecule has 1 saturated heterocycles. The molecule has 2 aromatic rings. The first kappa shape index (κ1) is 15.4. The highest BCUT2D eigenvalue weighted by Crippen LogP contribution is 2.30. The van der Waals surface area contributed by atoms with Gasteiger partial charge in [-0.25, -0.2) is 4.99 Å². The molecule has 3 nitrogen and oxygen atoms in total. The first-order valence-electron chi connectivity index (χ1n) is 8.98. The zero-order valence-electron chi connectivity index (χ0n) is 14.6. The van der Waals surface area contributed by atoms with E-state index in [-0.39, 0.29) is 0 Å². The van der Waals surface area contributed by atoms with Gasteiger partial charge in [0.25, 0.3) is 0 Å². The van der Waals surface area contributed by atoms with Crippen LogP contribution in [0.25, 0.3) is 0 Å². The van der Waals surface area contributed by atoms with Crippen molar-refractivity contribution in [3.8, 4) is 0 Å². The van der Waals surface area contributed by atoms with Crippen LogP contribution >= 0.6 is 0 Å². The van der Waals surface area contributed by atoms with Crippen LogP contribution in [0.5, 0.6) is 0 Å². The fraction of sp³-hybridized carbons (Fsp3) is 0.381. The Labute approximate surface area is 144 Å². The summed E-state index contributed by atoms with van der Waals surface area (Å²) in [5.74, 6) is 1.16. The topological polar surface area (TPSA) is 18.8 Å². The number of likely N-dealkylation sites (N-methyl/N-ethyl adjacent to an activating group) is 1. The Bertz CT molecular complexity index is 770. The maximum absolute atomic E-state index is 5.14. The van der Waals surface area contributed by atoms with E-state index in [1.807, 2.05) is 0 Å². The molecule has 0 unspecified atom stereocenters. The van der Waals surface area contributed by atoms with Gasteiger partial charge in [0.05, 0.1) is 5.69 Å². The fourth-order valence-corrected chi connectivity index (χ4v) is 3.72. The van der Waals surface area contributed by atoms with Gasteiger partial charge in [0.2, 0.25) is 0 Å². The minimum atomic E-state index is 0.966. The molecular weight excluding hydrogens is 294 g/mol. The van der Waals surface area contributed by atoms with Gasteiger partial charge in [0.1, 0.15) is 5.84 Å². The SMILES string of the molecule is CCN1CCN(C2=Nc3cc(C)ccc3Cc3ccccc32)CC1. The van der Waals surface area contributed by atoms with Gasteiger partial charge in [0.15, 0.2) is 0 Å². The second kappa shape index (κ2) is 6.40. The van der Waals surface area contributed by atoms with Crippen LogP contribution in [0.15, 0.2) is 47.5 Å². The van der Waals surface area contributed by atoms with Gasteiger partial charge in [-0.2, -0.15) is 0 Å². The van der Waals surface area contributed by atoms with Gasteiger partial charge >= 0.3 is 0 Å². The van der Waals surface area contributed by atoms with Crippen LogP contribution in [-0.4, -0.2) is 48.4 Å². The van der Waals surface area contributed by atoms with Crippen LogP contribution in [0.3, 0.4) is 0 Å². The monoisotopic (exact) mass is 319 g/mol. The first-order chi connectivity index (χ1) is 11.7. The van der Waals surface area contributed by atoms with E-state index in [0.29, 0.717) is 0 Å². The fourth-order valence-electron chi connectivity index (χ4n) is 3.72. The van der Waals surface area contributed by atoms with Gasteiger partial charge in [-0.1, -0.05) is 43.3 Å². The van der Waals surface area contributed by atoms with Gasteiger partial charge in [-0.3, -0.25) is 0 Å². The number of nitrogens with zero attached hydrogens (tertiary/aromatic N) is 3. The average molecular weight is 319 g/mol. The number of aliphatic imine (C=N–C) groups is 1. The van der Waals surface area contributed by atoms with Crippen LogP contribution in [0.4, 0.5) is 5.69 Å². The lowest BCUT2D eigenvalue weighted by atomic mass is 9.98. The molecule has 0 radical (unpaired) electrons. The van der Waals surface area contributed by atoms with Crippen molar-refractivity contribution >= 4 is 11.5 Å². The van der Waals surface area contributed by atoms with E-state index in [1.54, 1.807) is 0 Å². The van der Waals surface area contributed by atoms with E-state index < -0.39 is 0 Å². The zero-order valence-corrected chi connectivity index (χ0v) is 14.6. The Morgan fingerprint density at radius 3 is 2.54 bits per heavy atom. The van der Waals surface area contributed by atoms with Crippen molar-refractivity contribution in [3.63, 3.8) is 0 Å². The van der Waals surface area contributed by atoms with Gasteiger partial charge < -0.3 is 9.80 Å². The summed E-state index contributed by atoms with van der Waals surface area (Å²) in [4.78, 5) is 10.1. The molecule has 0 aliphatic carbocycles. The molecule has 0 amide bonds. The summed E-state index contributed by atoms with van der Waals surface area (Å²) in [6.07, 6.45) is 0.966. The Morgan fingerprint density at radius 2 is 1.75 bits per heavy atom. The van der Waals surface area contributed by atoms with Gasteiger partial charge in [-0.05, 0) is 36.2 Å². The van der Waals surface area contributed by atoms with Gasteiger partial charge in [-0.15, -0.1) is 0 Å². The molecule has 0 N–H and O–H groups in total. The Morgan fingerprint density at radius 1 is 0.958 bits per heavy atom. The molecular formula is C21H25N3. The van der Waals surface area contributed by atoms with Crippen LogP contribution in [0, 0.1) is 6.92 Å². The third kappa shape index (κ3) is 2.84. The number of aryl methyl sites for hydroxylation is 1. The van der Waals surface area contributed by atoms with E-state index in [1.165, 1.54) is 22.3 Å². The molecule has 2 aromatic carbocycles. The molecule has 24 heavy (non-hydrogen) atoms. The van der Waals surface area contributed by atoms with E-state index in [2.05, 4.69) is 66.1 Å². The quantitative estimate of drug-likeness (QED) is 0.799. The van der Waals surface area contributed by atoms with E-state index in [0.717, 1.165) is 50.7 Å². The number of hydrogen-bond acceptors (Lipinski definition) is 3. The van der Waals surface area contributed by atoms with Crippen molar-refractivity contribution in [2.24, 2.45) is 4.99 Å². The largest absolute Gasteiger partial charge is 0.354 e. The maximum atomic E-state index is 5.14. The molecule has 1 fully saturated rings. The normalized spacial score (nSPS) is 17.8. The molecule has 0 aromatic heterocycles. The van der Waals surface area contributed by atoms with Crippen molar-refractivity contribution in [1.29, 1.82) is 0 Å². The first-order valence-corrected chi connectivity index (χ1v) is 8.98. The highest BCUT2D eigenvalue weighted by molar-refractivity contribution is 6.02. The Hall–Kier alpha value is -2.13. The molecule has 2 aliphatic heterocycles. The summed E-state index contributed by atoms with van der Waals surface area (Å²) in [6, 6.07) is 15.4. The lowest BCUT2D eigenvalue weighted by molar-refractivity contribution is 0.190. The molecule has 0 atom stereocenters. The predicted octanol–water partition coefficient (Wildman–Crippen LogP) is 3.62. The van der Waals surface area contributed by atoms with Crippen molar-refractivity contribution in [3.05, 3.63) is 64.7 Å². The molecule has 0 spiro atoms. The number of fused-ring (bicyclic) bond motifs is 2. The summed E-state index contributed by atoms with van der Waals surface area (Å²) in [7, 11) is 0. The lowest BCUT2D eigenvalue weighted by Crippen LogP contribution is -2.48. The Kier molecular flexibility index (Phi) is 4.11. The molecule has 2 heterocycles. The molecule has 2 aliphatic rings. The second-order valence-corrected chi connectivity index (χ2v) is 6.82. The predicted molar refractivity (Wildman–Crippen MR) is 100 cm³/mol. The summed E-state index contributed by atoms with van der Waals surface area (Å²) in [5, 5.41) is 0. The van der Waals surface area contributed by atoms with Crippen LogP contribution < -0.4 is 0 Å². The summed E-state index contributed by atoms with van der Waals surface area (Å²) < 4.78 is 0. The summed E-state index contributed by atoms with van der Waals surface area (Å²) in [5.41, 5.74) is 6.43. The van der Waals surface area contributed by atoms with Gasteiger partial charge in [0, 0.05) is 38.2 Å². The maximum Gasteiger partial charge on any atom is 0.136 e. The van der Waals surface area contributed by atoms with Crippen molar-refractivity contribution < 1.29 is 0 Å². The molecule has 0 saturated carbocycles. The summed E-state index contributed by atoms with van der Waals surface area (Å²) >= 11 is 0. The molecule has 124 valence electrons. The molecule has 4 rings (SSSR count). The average Bonchev–Trinajstić information content (AvgIpc) is 2.78. The molecule has 3 heteroatoms. The lowest BCUT2D eigenvalue weighted by Gasteiger charge is -2.36. The van der Waals surface area contributed by atoms with Crippen molar-refractivity contribution in [2.45, 2.75) is 20.3 Å². The minimum Gasteiger partial charge on any atom is -0.354 e. The number of hydrogen-bond donors (Lipinski definition) is 0. The third-order valence-corrected chi connectivity index (χ3v) is 5.23. The van der Waals surface area contributed by atoms with E-state index in [4.69, 9.17) is 4.99 Å². The van der Waals surface area contributed by atoms with Crippen molar-refractivity contribution in [1.82, 2.24) is 9.80 Å². The number of benzene rings is 2. The summed E-state index contributed by atoms with van der Waals surface area (Å²) in [6.45, 7) is 9.89. The van der Waals surface area contributed by atoms with Crippen molar-refractivity contribution in [2.75, 3.05) is 32.7 Å². The highest BCUT2D eigenvalue weighted by atomic mass is 15.3. The van der Waals surface area contributed by atoms with E-state index >= 15 is 0 Å². The number of amidine groups is 1. The molecule has 0 bridgehead atoms. The minimum absolute atomic E-state index is 0.966.